The zero-order valence-electron chi connectivity index (χ0n) is 16.1. The molecule has 7 heteroatoms. The second kappa shape index (κ2) is 7.58. The van der Waals surface area contributed by atoms with Crippen LogP contribution in [0.1, 0.15) is 12.5 Å². The zero-order chi connectivity index (χ0) is 19.7. The SMILES string of the molecule is COc1cc(CN2CCN[C@@H](C)C2)c2ccn(S(=O)(=O)c3ccccc3)c2c1. The number of nitrogens with zero attached hydrogens (tertiary/aromatic N) is 2. The van der Waals surface area contributed by atoms with Crippen molar-refractivity contribution in [1.82, 2.24) is 14.2 Å². The molecule has 2 heterocycles. The highest BCUT2D eigenvalue weighted by molar-refractivity contribution is 7.90. The molecule has 0 saturated carbocycles. The molecule has 3 aromatic rings. The maximum Gasteiger partial charge on any atom is 0.268 e. The van der Waals surface area contributed by atoms with Crippen molar-refractivity contribution in [3.8, 4) is 5.75 Å². The van der Waals surface area contributed by atoms with Gasteiger partial charge in [-0.25, -0.2) is 12.4 Å². The lowest BCUT2D eigenvalue weighted by Gasteiger charge is -2.32. The summed E-state index contributed by atoms with van der Waals surface area (Å²) >= 11 is 0. The van der Waals surface area contributed by atoms with E-state index in [0.29, 0.717) is 17.3 Å². The number of nitrogens with one attached hydrogen (secondary N) is 1. The van der Waals surface area contributed by atoms with Gasteiger partial charge in [0.2, 0.25) is 0 Å². The standard InChI is InChI=1S/C21H25N3O3S/c1-16-14-23(11-9-22-16)15-17-12-18(27-2)13-21-20(17)8-10-24(21)28(25,26)19-6-4-3-5-7-19/h3-8,10,12-13,16,22H,9,11,14-15H2,1-2H3/t16-/m0/s1. The third kappa shape index (κ3) is 3.53. The zero-order valence-corrected chi connectivity index (χ0v) is 16.9. The molecule has 6 nitrogen and oxygen atoms in total. The van der Waals surface area contributed by atoms with Gasteiger partial charge >= 0.3 is 0 Å². The molecule has 1 N–H and O–H groups in total. The van der Waals surface area contributed by atoms with Crippen LogP contribution in [0.15, 0.2) is 59.6 Å². The Kier molecular flexibility index (Phi) is 5.14. The Bertz CT molecular complexity index is 1080. The number of hydrogen-bond acceptors (Lipinski definition) is 5. The lowest BCUT2D eigenvalue weighted by atomic mass is 10.1. The van der Waals surface area contributed by atoms with Gasteiger partial charge in [0.25, 0.3) is 10.0 Å². The molecule has 1 aliphatic heterocycles. The number of rotatable bonds is 5. The van der Waals surface area contributed by atoms with Crippen molar-refractivity contribution in [1.29, 1.82) is 0 Å². The van der Waals surface area contributed by atoms with Gasteiger partial charge in [-0.15, -0.1) is 0 Å². The quantitative estimate of drug-likeness (QED) is 0.715. The molecule has 0 spiro atoms. The first-order valence-electron chi connectivity index (χ1n) is 9.43. The molecule has 2 aromatic carbocycles. The Labute approximate surface area is 165 Å². The third-order valence-corrected chi connectivity index (χ3v) is 6.92. The molecular weight excluding hydrogens is 374 g/mol. The van der Waals surface area contributed by atoms with E-state index >= 15 is 0 Å². The minimum absolute atomic E-state index is 0.271. The topological polar surface area (TPSA) is 63.6 Å². The summed E-state index contributed by atoms with van der Waals surface area (Å²) in [5.74, 6) is 0.661. The number of aromatic nitrogens is 1. The Morgan fingerprint density at radius 3 is 2.68 bits per heavy atom. The highest BCUT2D eigenvalue weighted by Crippen LogP contribution is 2.30. The largest absolute Gasteiger partial charge is 0.497 e. The highest BCUT2D eigenvalue weighted by Gasteiger charge is 2.22. The molecule has 1 aliphatic rings. The molecule has 148 valence electrons. The first-order valence-corrected chi connectivity index (χ1v) is 10.9. The Hall–Kier alpha value is -2.35. The summed E-state index contributed by atoms with van der Waals surface area (Å²) < 4.78 is 33.1. The summed E-state index contributed by atoms with van der Waals surface area (Å²) in [7, 11) is -2.06. The normalized spacial score (nSPS) is 18.4. The predicted octanol–water partition coefficient (Wildman–Crippen LogP) is 2.68. The minimum Gasteiger partial charge on any atom is -0.497 e. The molecule has 0 radical (unpaired) electrons. The van der Waals surface area contributed by atoms with E-state index in [4.69, 9.17) is 4.74 Å². The van der Waals surface area contributed by atoms with Gasteiger partial charge in [-0.1, -0.05) is 18.2 Å². The van der Waals surface area contributed by atoms with Crippen LogP contribution in [0.5, 0.6) is 5.75 Å². The van der Waals surface area contributed by atoms with Crippen LogP contribution in [0, 0.1) is 0 Å². The Balaban J connectivity index is 1.79. The molecule has 0 unspecified atom stereocenters. The molecule has 4 rings (SSSR count). The summed E-state index contributed by atoms with van der Waals surface area (Å²) in [6, 6.07) is 14.6. The van der Waals surface area contributed by atoms with E-state index in [1.165, 1.54) is 3.97 Å². The van der Waals surface area contributed by atoms with Crippen molar-refractivity contribution < 1.29 is 13.2 Å². The molecule has 28 heavy (non-hydrogen) atoms. The van der Waals surface area contributed by atoms with Crippen molar-refractivity contribution >= 4 is 20.9 Å². The number of hydrogen-bond donors (Lipinski definition) is 1. The van der Waals surface area contributed by atoms with Crippen LogP contribution in [0.25, 0.3) is 10.9 Å². The molecule has 0 bridgehead atoms. The first kappa shape index (κ1) is 19.0. The van der Waals surface area contributed by atoms with E-state index in [1.807, 2.05) is 18.2 Å². The van der Waals surface area contributed by atoms with Crippen LogP contribution in [0.3, 0.4) is 0 Å². The Morgan fingerprint density at radius 1 is 1.18 bits per heavy atom. The molecular formula is C21H25N3O3S. The molecule has 1 atom stereocenters. The highest BCUT2D eigenvalue weighted by atomic mass is 32.2. The van der Waals surface area contributed by atoms with Crippen LogP contribution in [0.4, 0.5) is 0 Å². The molecule has 1 saturated heterocycles. The van der Waals surface area contributed by atoms with Gasteiger partial charge in [-0.05, 0) is 36.8 Å². The van der Waals surface area contributed by atoms with Crippen molar-refractivity contribution in [2.45, 2.75) is 24.4 Å². The summed E-state index contributed by atoms with van der Waals surface area (Å²) in [6.07, 6.45) is 1.64. The van der Waals surface area contributed by atoms with E-state index in [0.717, 1.165) is 37.1 Å². The van der Waals surface area contributed by atoms with Crippen LogP contribution in [-0.2, 0) is 16.6 Å². The third-order valence-electron chi connectivity index (χ3n) is 5.21. The van der Waals surface area contributed by atoms with Gasteiger partial charge in [0.15, 0.2) is 0 Å². The van der Waals surface area contributed by atoms with E-state index in [1.54, 1.807) is 43.6 Å². The molecule has 0 aliphatic carbocycles. The van der Waals surface area contributed by atoms with Crippen LogP contribution in [-0.4, -0.2) is 50.1 Å². The summed E-state index contributed by atoms with van der Waals surface area (Å²) in [4.78, 5) is 2.66. The van der Waals surface area contributed by atoms with E-state index in [-0.39, 0.29) is 4.90 Å². The average molecular weight is 400 g/mol. The summed E-state index contributed by atoms with van der Waals surface area (Å²) in [6.45, 7) is 5.82. The molecule has 1 aromatic heterocycles. The first-order chi connectivity index (χ1) is 13.5. The molecule has 1 fully saturated rings. The number of methoxy groups -OCH3 is 1. The van der Waals surface area contributed by atoms with E-state index in [2.05, 4.69) is 17.1 Å². The van der Waals surface area contributed by atoms with Gasteiger partial charge in [-0.2, -0.15) is 0 Å². The second-order valence-electron chi connectivity index (χ2n) is 7.24. The fourth-order valence-corrected chi connectivity index (χ4v) is 5.19. The molecule has 0 amide bonds. The lowest BCUT2D eigenvalue weighted by molar-refractivity contribution is 0.200. The monoisotopic (exact) mass is 399 g/mol. The fourth-order valence-electron chi connectivity index (χ4n) is 3.83. The van der Waals surface area contributed by atoms with Crippen molar-refractivity contribution in [3.05, 3.63) is 60.3 Å². The van der Waals surface area contributed by atoms with E-state index < -0.39 is 10.0 Å². The van der Waals surface area contributed by atoms with E-state index in [9.17, 15) is 8.42 Å². The Morgan fingerprint density at radius 2 is 1.96 bits per heavy atom. The van der Waals surface area contributed by atoms with Gasteiger partial charge in [0, 0.05) is 49.9 Å². The average Bonchev–Trinajstić information content (AvgIpc) is 3.14. The summed E-state index contributed by atoms with van der Waals surface area (Å²) in [5, 5.41) is 4.39. The van der Waals surface area contributed by atoms with Crippen LogP contribution in [0.2, 0.25) is 0 Å². The number of ether oxygens (including phenoxy) is 1. The van der Waals surface area contributed by atoms with Gasteiger partial charge < -0.3 is 10.1 Å². The van der Waals surface area contributed by atoms with Crippen LogP contribution >= 0.6 is 0 Å². The predicted molar refractivity (Wildman–Crippen MR) is 110 cm³/mol. The van der Waals surface area contributed by atoms with Crippen LogP contribution < -0.4 is 10.1 Å². The van der Waals surface area contributed by atoms with Crippen molar-refractivity contribution in [2.24, 2.45) is 0 Å². The van der Waals surface area contributed by atoms with Gasteiger partial charge in [0.05, 0.1) is 17.5 Å². The number of piperazine rings is 1. The summed E-state index contributed by atoms with van der Waals surface area (Å²) in [5.41, 5.74) is 1.71. The van der Waals surface area contributed by atoms with Gasteiger partial charge in [-0.3, -0.25) is 4.90 Å². The fraction of sp³-hybridized carbons (Fsp3) is 0.333. The smallest absolute Gasteiger partial charge is 0.268 e. The maximum absolute atomic E-state index is 13.2. The second-order valence-corrected chi connectivity index (χ2v) is 9.05. The lowest BCUT2D eigenvalue weighted by Crippen LogP contribution is -2.48. The van der Waals surface area contributed by atoms with Gasteiger partial charge in [0.1, 0.15) is 5.75 Å². The number of fused-ring (bicyclic) bond motifs is 1. The maximum atomic E-state index is 13.2. The van der Waals surface area contributed by atoms with Crippen molar-refractivity contribution in [3.63, 3.8) is 0 Å². The van der Waals surface area contributed by atoms with Crippen molar-refractivity contribution in [2.75, 3.05) is 26.7 Å². The minimum atomic E-state index is -3.67. The number of benzene rings is 2.